The summed E-state index contributed by atoms with van der Waals surface area (Å²) in [4.78, 5) is 11.9. The molecule has 0 fully saturated rings. The van der Waals surface area contributed by atoms with Crippen molar-refractivity contribution >= 4 is 17.9 Å². The Morgan fingerprint density at radius 2 is 1.61 bits per heavy atom. The van der Waals surface area contributed by atoms with E-state index in [1.165, 1.54) is 0 Å². The van der Waals surface area contributed by atoms with Crippen molar-refractivity contribution in [2.24, 2.45) is 0 Å². The molecule has 0 aromatic heterocycles. The van der Waals surface area contributed by atoms with Gasteiger partial charge in [-0.2, -0.15) is 0 Å². The number of carbonyl (C=O) groups is 1. The van der Waals surface area contributed by atoms with Crippen LogP contribution in [0.5, 0.6) is 0 Å². The van der Waals surface area contributed by atoms with Crippen molar-refractivity contribution in [2.45, 2.75) is 38.6 Å². The van der Waals surface area contributed by atoms with Crippen LogP contribution in [0.1, 0.15) is 38.6 Å². The van der Waals surface area contributed by atoms with E-state index in [1.807, 2.05) is 36.4 Å². The van der Waals surface area contributed by atoms with Crippen LogP contribution in [0.25, 0.3) is 11.1 Å². The van der Waals surface area contributed by atoms with Crippen LogP contribution in [0, 0.1) is 0 Å². The van der Waals surface area contributed by atoms with Crippen molar-refractivity contribution < 1.29 is 39.5 Å². The van der Waals surface area contributed by atoms with Crippen LogP contribution in [0.4, 0.5) is 0 Å². The van der Waals surface area contributed by atoms with Gasteiger partial charge in [0.25, 0.3) is 0 Å². The second kappa shape index (κ2) is 9.50. The summed E-state index contributed by atoms with van der Waals surface area (Å²) in [5, 5.41) is 10.8. The van der Waals surface area contributed by atoms with E-state index in [0.29, 0.717) is 0 Å². The minimum Gasteiger partial charge on any atom is -0.545 e. The molecule has 0 heterocycles. The average molecular weight is 339 g/mol. The molecule has 2 rings (SSSR count). The zero-order valence-electron chi connectivity index (χ0n) is 13.3. The van der Waals surface area contributed by atoms with Gasteiger partial charge >= 0.3 is 29.6 Å². The maximum absolute atomic E-state index is 10.8. The third kappa shape index (κ3) is 6.69. The maximum Gasteiger partial charge on any atom is 1.00 e. The number of carboxylic acid groups (broad SMARTS) is 1. The zero-order chi connectivity index (χ0) is 15.5. The smallest absolute Gasteiger partial charge is 0.545 e. The minimum atomic E-state index is -1.15. The molecule has 0 saturated heterocycles. The molecule has 0 spiro atoms. The average Bonchev–Trinajstić information content (AvgIpc) is 2.45. The van der Waals surface area contributed by atoms with E-state index in [-0.39, 0.29) is 48.1 Å². The van der Waals surface area contributed by atoms with Gasteiger partial charge in [-0.3, -0.25) is 4.72 Å². The summed E-state index contributed by atoms with van der Waals surface area (Å²) >= 11 is 1.58. The van der Waals surface area contributed by atoms with Gasteiger partial charge in [0.15, 0.2) is 0 Å². The maximum atomic E-state index is 10.8. The number of aromatic carboxylic acids is 1. The molecule has 0 saturated carbocycles. The van der Waals surface area contributed by atoms with Crippen molar-refractivity contribution in [3.63, 3.8) is 0 Å². The molecule has 23 heavy (non-hydrogen) atoms. The topological polar surface area (TPSA) is 52.2 Å². The van der Waals surface area contributed by atoms with E-state index >= 15 is 0 Å². The van der Waals surface area contributed by atoms with Gasteiger partial charge in [0.2, 0.25) is 0 Å². The summed E-state index contributed by atoms with van der Waals surface area (Å²) in [5.41, 5.74) is 2.26. The first-order valence-electron chi connectivity index (χ1n) is 6.72. The Balaban J connectivity index is 0.00000242. The zero-order valence-corrected chi connectivity index (χ0v) is 16.2. The molecule has 3 nitrogen and oxygen atoms in total. The Kier molecular flexibility index (Phi) is 9.18. The molecule has 0 aliphatic heterocycles. The van der Waals surface area contributed by atoms with E-state index in [4.69, 9.17) is 0 Å². The first kappa shape index (κ1) is 22.2. The van der Waals surface area contributed by atoms with Gasteiger partial charge in [-0.1, -0.05) is 49.9 Å². The Morgan fingerprint density at radius 1 is 1.04 bits per heavy atom. The Morgan fingerprint density at radius 3 is 2.13 bits per heavy atom. The molecule has 0 aliphatic rings. The third-order valence-electron chi connectivity index (χ3n) is 2.79. The fraction of sp³-hybridized carbons (Fsp3) is 0.278. The molecule has 1 N–H and O–H groups in total. The number of rotatable bonds is 4. The normalized spacial score (nSPS) is 10.4. The Labute approximate surface area is 165 Å². The third-order valence-corrected chi connectivity index (χ3v) is 4.08. The van der Waals surface area contributed by atoms with Crippen molar-refractivity contribution in [1.29, 1.82) is 0 Å². The second-order valence-corrected chi connectivity index (χ2v) is 6.66. The molecule has 0 amide bonds. The molecule has 0 atom stereocenters. The van der Waals surface area contributed by atoms with Gasteiger partial charge in [-0.15, -0.1) is 0 Å². The standard InChI is InChI=1S/C17H19NO2S.CH4.Na/c1-17(2,3)18-21-15-7-5-4-6-14(15)12-8-10-13(11-9-12)16(19)20;;/h4-11,18H,1-3H3,(H,19,20);1H4;/q;;+1/p-1. The van der Waals surface area contributed by atoms with E-state index in [1.54, 1.807) is 24.1 Å². The molecule has 2 aromatic carbocycles. The summed E-state index contributed by atoms with van der Waals surface area (Å²) < 4.78 is 3.39. The van der Waals surface area contributed by atoms with Crippen molar-refractivity contribution in [2.75, 3.05) is 0 Å². The van der Waals surface area contributed by atoms with E-state index in [2.05, 4.69) is 25.5 Å². The van der Waals surface area contributed by atoms with Crippen LogP contribution in [0.3, 0.4) is 0 Å². The summed E-state index contributed by atoms with van der Waals surface area (Å²) in [7, 11) is 0. The van der Waals surface area contributed by atoms with Crippen LogP contribution < -0.4 is 39.4 Å². The molecule has 0 radical (unpaired) electrons. The fourth-order valence-corrected chi connectivity index (χ4v) is 2.65. The number of nitrogens with one attached hydrogen (secondary N) is 1. The molecule has 0 unspecified atom stereocenters. The molecule has 0 bridgehead atoms. The number of hydrogen-bond donors (Lipinski definition) is 1. The number of carboxylic acids is 1. The molecule has 118 valence electrons. The predicted molar refractivity (Wildman–Crippen MR) is 91.7 cm³/mol. The number of hydrogen-bond acceptors (Lipinski definition) is 4. The Bertz CT molecular complexity index is 636. The monoisotopic (exact) mass is 339 g/mol. The van der Waals surface area contributed by atoms with Gasteiger partial charge in [0, 0.05) is 10.4 Å². The van der Waals surface area contributed by atoms with Gasteiger partial charge in [-0.05, 0) is 55.5 Å². The first-order valence-corrected chi connectivity index (χ1v) is 7.53. The fourth-order valence-electron chi connectivity index (χ4n) is 1.79. The molecule has 0 aliphatic carbocycles. The molecular weight excluding hydrogens is 317 g/mol. The number of benzene rings is 2. The molecule has 2 aromatic rings. The molecule has 5 heteroatoms. The number of carbonyl (C=O) groups excluding carboxylic acids is 1. The van der Waals surface area contributed by atoms with Crippen molar-refractivity contribution in [3.8, 4) is 11.1 Å². The van der Waals surface area contributed by atoms with E-state index in [0.717, 1.165) is 16.0 Å². The minimum absolute atomic E-state index is 0. The quantitative estimate of drug-likeness (QED) is 0.660. The van der Waals surface area contributed by atoms with Gasteiger partial charge in [0.05, 0.1) is 5.97 Å². The van der Waals surface area contributed by atoms with Crippen LogP contribution in [0.2, 0.25) is 0 Å². The van der Waals surface area contributed by atoms with Gasteiger partial charge in [-0.25, -0.2) is 0 Å². The largest absolute Gasteiger partial charge is 1.00 e. The van der Waals surface area contributed by atoms with Crippen LogP contribution in [-0.2, 0) is 0 Å². The summed E-state index contributed by atoms with van der Waals surface area (Å²) in [5.74, 6) is -1.15. The SMILES string of the molecule is C.CC(C)(C)NSc1ccccc1-c1ccc(C(=O)[O-])cc1.[Na+]. The van der Waals surface area contributed by atoms with Crippen LogP contribution >= 0.6 is 11.9 Å². The summed E-state index contributed by atoms with van der Waals surface area (Å²) in [6.45, 7) is 6.33. The van der Waals surface area contributed by atoms with Crippen molar-refractivity contribution in [3.05, 3.63) is 54.1 Å². The van der Waals surface area contributed by atoms with Gasteiger partial charge in [0.1, 0.15) is 0 Å². The van der Waals surface area contributed by atoms with E-state index < -0.39 is 5.97 Å². The van der Waals surface area contributed by atoms with E-state index in [9.17, 15) is 9.90 Å². The predicted octanol–water partition coefficient (Wildman–Crippen LogP) is 0.752. The summed E-state index contributed by atoms with van der Waals surface area (Å²) in [6.07, 6.45) is 0. The van der Waals surface area contributed by atoms with Gasteiger partial charge < -0.3 is 9.90 Å². The second-order valence-electron chi connectivity index (χ2n) is 5.82. The first-order chi connectivity index (χ1) is 9.87. The van der Waals surface area contributed by atoms with Crippen LogP contribution in [0.15, 0.2) is 53.4 Å². The van der Waals surface area contributed by atoms with Crippen molar-refractivity contribution in [1.82, 2.24) is 4.72 Å². The summed E-state index contributed by atoms with van der Waals surface area (Å²) in [6, 6.07) is 14.8. The van der Waals surface area contributed by atoms with Crippen LogP contribution in [-0.4, -0.2) is 11.5 Å². The Hall–Kier alpha value is -0.780. The molecular formula is C18H22NNaO2S.